The fourth-order valence-corrected chi connectivity index (χ4v) is 2.82. The van der Waals surface area contributed by atoms with Crippen molar-refractivity contribution in [1.82, 2.24) is 15.2 Å². The summed E-state index contributed by atoms with van der Waals surface area (Å²) in [6.07, 6.45) is 3.67. The van der Waals surface area contributed by atoms with Crippen LogP contribution in [0.1, 0.15) is 25.0 Å². The fourth-order valence-electron chi connectivity index (χ4n) is 2.69. The van der Waals surface area contributed by atoms with Gasteiger partial charge in [0.2, 0.25) is 0 Å². The lowest BCUT2D eigenvalue weighted by Gasteiger charge is -2.26. The van der Waals surface area contributed by atoms with Gasteiger partial charge in [0.05, 0.1) is 0 Å². The lowest BCUT2D eigenvalue weighted by atomic mass is 10.1. The summed E-state index contributed by atoms with van der Waals surface area (Å²) in [5, 5.41) is 3.82. The Kier molecular flexibility index (Phi) is 7.00. The van der Waals surface area contributed by atoms with Gasteiger partial charge in [-0.05, 0) is 55.4 Å². The van der Waals surface area contributed by atoms with Crippen molar-refractivity contribution < 1.29 is 0 Å². The van der Waals surface area contributed by atoms with Crippen molar-refractivity contribution in [2.24, 2.45) is 0 Å². The number of hydrogen-bond donors (Lipinski definition) is 1. The Morgan fingerprint density at radius 2 is 1.71 bits per heavy atom. The van der Waals surface area contributed by atoms with Crippen LogP contribution >= 0.6 is 12.2 Å². The molecule has 5 heteroatoms. The first-order valence-electron chi connectivity index (χ1n) is 8.37. The number of nitrogens with one attached hydrogen (secondary N) is 1. The normalized spacial score (nSPS) is 10.3. The molecule has 0 saturated heterocycles. The lowest BCUT2D eigenvalue weighted by molar-refractivity contribution is 0.402. The fraction of sp³-hybridized carbons (Fsp3) is 0.368. The molecule has 0 bridgehead atoms. The quantitative estimate of drug-likeness (QED) is 0.779. The van der Waals surface area contributed by atoms with Crippen molar-refractivity contribution in [3.8, 4) is 0 Å². The molecular weight excluding hydrogens is 316 g/mol. The highest BCUT2D eigenvalue weighted by molar-refractivity contribution is 7.80. The summed E-state index contributed by atoms with van der Waals surface area (Å²) in [4.78, 5) is 8.68. The number of benzene rings is 1. The van der Waals surface area contributed by atoms with E-state index in [0.717, 1.165) is 36.9 Å². The van der Waals surface area contributed by atoms with Gasteiger partial charge >= 0.3 is 0 Å². The first kappa shape index (κ1) is 18.2. The van der Waals surface area contributed by atoms with Gasteiger partial charge < -0.3 is 15.1 Å². The van der Waals surface area contributed by atoms with E-state index in [4.69, 9.17) is 12.2 Å². The SMILES string of the molecule is CCN(CC)c1ccc(CN(Cc2cccnc2)C(=S)NC)cc1. The minimum absolute atomic E-state index is 0.741. The van der Waals surface area contributed by atoms with E-state index in [1.54, 1.807) is 6.20 Å². The Morgan fingerprint density at radius 1 is 1.04 bits per heavy atom. The van der Waals surface area contributed by atoms with Gasteiger partial charge in [0.15, 0.2) is 5.11 Å². The molecule has 0 radical (unpaired) electrons. The topological polar surface area (TPSA) is 31.4 Å². The number of nitrogens with zero attached hydrogens (tertiary/aromatic N) is 3. The molecule has 0 aliphatic carbocycles. The largest absolute Gasteiger partial charge is 0.372 e. The molecule has 128 valence electrons. The maximum atomic E-state index is 5.47. The van der Waals surface area contributed by atoms with E-state index in [2.05, 4.69) is 64.3 Å². The highest BCUT2D eigenvalue weighted by Gasteiger charge is 2.11. The number of thiocarbonyl (C=S) groups is 1. The molecule has 0 spiro atoms. The summed E-state index contributed by atoms with van der Waals surface area (Å²) >= 11 is 5.47. The molecule has 0 unspecified atom stereocenters. The van der Waals surface area contributed by atoms with Crippen LogP contribution in [0.5, 0.6) is 0 Å². The Bertz CT molecular complexity index is 624. The maximum absolute atomic E-state index is 5.47. The summed E-state index contributed by atoms with van der Waals surface area (Å²) < 4.78 is 0. The minimum Gasteiger partial charge on any atom is -0.372 e. The molecule has 24 heavy (non-hydrogen) atoms. The summed E-state index contributed by atoms with van der Waals surface area (Å²) in [6.45, 7) is 7.91. The molecule has 0 saturated carbocycles. The zero-order valence-electron chi connectivity index (χ0n) is 14.7. The van der Waals surface area contributed by atoms with Gasteiger partial charge in [-0.25, -0.2) is 0 Å². The van der Waals surface area contributed by atoms with Gasteiger partial charge in [-0.1, -0.05) is 18.2 Å². The van der Waals surface area contributed by atoms with Crippen molar-refractivity contribution in [2.75, 3.05) is 25.0 Å². The third kappa shape index (κ3) is 4.93. The molecule has 1 aromatic carbocycles. The summed E-state index contributed by atoms with van der Waals surface area (Å²) in [5.41, 5.74) is 3.65. The summed E-state index contributed by atoms with van der Waals surface area (Å²) in [6, 6.07) is 12.8. The minimum atomic E-state index is 0.741. The van der Waals surface area contributed by atoms with E-state index >= 15 is 0 Å². The van der Waals surface area contributed by atoms with E-state index in [0.29, 0.717) is 0 Å². The van der Waals surface area contributed by atoms with Crippen LogP contribution in [0, 0.1) is 0 Å². The Labute approximate surface area is 150 Å². The number of rotatable bonds is 7. The third-order valence-electron chi connectivity index (χ3n) is 4.04. The lowest BCUT2D eigenvalue weighted by Crippen LogP contribution is -2.36. The van der Waals surface area contributed by atoms with E-state index < -0.39 is 0 Å². The Morgan fingerprint density at radius 3 is 2.25 bits per heavy atom. The van der Waals surface area contributed by atoms with Crippen LogP contribution in [-0.2, 0) is 13.1 Å². The second kappa shape index (κ2) is 9.23. The van der Waals surface area contributed by atoms with Gasteiger partial charge in [0.25, 0.3) is 0 Å². The number of aromatic nitrogens is 1. The van der Waals surface area contributed by atoms with Crippen molar-refractivity contribution in [3.05, 3.63) is 59.9 Å². The average molecular weight is 343 g/mol. The highest BCUT2D eigenvalue weighted by atomic mass is 32.1. The number of hydrogen-bond acceptors (Lipinski definition) is 3. The van der Waals surface area contributed by atoms with E-state index in [-0.39, 0.29) is 0 Å². The molecule has 4 nitrogen and oxygen atoms in total. The van der Waals surface area contributed by atoms with Gasteiger partial charge in [0, 0.05) is 51.3 Å². The van der Waals surface area contributed by atoms with Crippen molar-refractivity contribution >= 4 is 23.0 Å². The van der Waals surface area contributed by atoms with Crippen molar-refractivity contribution in [1.29, 1.82) is 0 Å². The zero-order valence-corrected chi connectivity index (χ0v) is 15.5. The summed E-state index contributed by atoms with van der Waals surface area (Å²) in [7, 11) is 1.86. The third-order valence-corrected chi connectivity index (χ3v) is 4.50. The van der Waals surface area contributed by atoms with Gasteiger partial charge in [-0.15, -0.1) is 0 Å². The van der Waals surface area contributed by atoms with E-state index in [1.807, 2.05) is 19.3 Å². The molecule has 0 amide bonds. The average Bonchev–Trinajstić information content (AvgIpc) is 2.63. The highest BCUT2D eigenvalue weighted by Crippen LogP contribution is 2.17. The molecule has 0 fully saturated rings. The van der Waals surface area contributed by atoms with Crippen LogP contribution in [0.4, 0.5) is 5.69 Å². The van der Waals surface area contributed by atoms with Crippen molar-refractivity contribution in [2.45, 2.75) is 26.9 Å². The molecule has 2 aromatic rings. The van der Waals surface area contributed by atoms with Crippen LogP contribution in [0.15, 0.2) is 48.8 Å². The second-order valence-electron chi connectivity index (χ2n) is 5.61. The predicted octanol–water partition coefficient (Wildman–Crippen LogP) is 3.43. The number of pyridine rings is 1. The number of anilines is 1. The molecule has 0 atom stereocenters. The molecule has 1 N–H and O–H groups in total. The first-order valence-corrected chi connectivity index (χ1v) is 8.78. The Balaban J connectivity index is 2.10. The van der Waals surface area contributed by atoms with Crippen LogP contribution in [0.2, 0.25) is 0 Å². The molecule has 0 aliphatic rings. The zero-order chi connectivity index (χ0) is 17.4. The standard InChI is InChI=1S/C19H26N4S/c1-4-22(5-2)18-10-8-16(9-11-18)14-23(19(24)20-3)15-17-7-6-12-21-13-17/h6-13H,4-5,14-15H2,1-3H3,(H,20,24). The van der Waals surface area contributed by atoms with Crippen LogP contribution < -0.4 is 10.2 Å². The molecule has 2 rings (SSSR count). The predicted molar refractivity (Wildman–Crippen MR) is 105 cm³/mol. The van der Waals surface area contributed by atoms with Gasteiger partial charge in [-0.3, -0.25) is 4.98 Å². The van der Waals surface area contributed by atoms with Crippen LogP contribution in [-0.4, -0.2) is 35.1 Å². The molecule has 1 heterocycles. The van der Waals surface area contributed by atoms with Gasteiger partial charge in [-0.2, -0.15) is 0 Å². The smallest absolute Gasteiger partial charge is 0.169 e. The maximum Gasteiger partial charge on any atom is 0.169 e. The van der Waals surface area contributed by atoms with Crippen molar-refractivity contribution in [3.63, 3.8) is 0 Å². The monoisotopic (exact) mass is 342 g/mol. The van der Waals surface area contributed by atoms with Crippen LogP contribution in [0.25, 0.3) is 0 Å². The first-order chi connectivity index (χ1) is 11.7. The second-order valence-corrected chi connectivity index (χ2v) is 6.00. The molecular formula is C19H26N4S. The molecule has 0 aliphatic heterocycles. The van der Waals surface area contributed by atoms with Crippen LogP contribution in [0.3, 0.4) is 0 Å². The molecule has 1 aromatic heterocycles. The van der Waals surface area contributed by atoms with Gasteiger partial charge in [0.1, 0.15) is 0 Å². The van der Waals surface area contributed by atoms with E-state index in [1.165, 1.54) is 11.3 Å². The van der Waals surface area contributed by atoms with E-state index in [9.17, 15) is 0 Å². The Hall–Kier alpha value is -2.14. The summed E-state index contributed by atoms with van der Waals surface area (Å²) in [5.74, 6) is 0.